The molecule has 0 unspecified atom stereocenters. The van der Waals surface area contributed by atoms with E-state index in [1.54, 1.807) is 11.6 Å². The zero-order chi connectivity index (χ0) is 18.0. The monoisotopic (exact) mass is 379 g/mol. The number of aryl methyl sites for hydroxylation is 2. The van der Waals surface area contributed by atoms with Crippen molar-refractivity contribution < 1.29 is 66.1 Å². The topological polar surface area (TPSA) is 122 Å². The Hall–Kier alpha value is -1.85. The van der Waals surface area contributed by atoms with Gasteiger partial charge >= 0.3 is 51.4 Å². The number of carboxylic acid groups (broad SMARTS) is 1. The number of nitrogens with zero attached hydrogens (tertiary/aromatic N) is 4. The average Bonchev–Trinajstić information content (AvgIpc) is 3.00. The summed E-state index contributed by atoms with van der Waals surface area (Å²) in [5.41, 5.74) is 0.951. The van der Waals surface area contributed by atoms with Crippen LogP contribution in [0.2, 0.25) is 0 Å². The van der Waals surface area contributed by atoms with Gasteiger partial charge in [0.2, 0.25) is 5.91 Å². The van der Waals surface area contributed by atoms with E-state index < -0.39 is 5.97 Å². The summed E-state index contributed by atoms with van der Waals surface area (Å²) in [5.74, 6) is -1.53. The molecular weight excluding hydrogens is 365 g/mol. The number of rotatable bonds is 5. The number of hydrogen-bond donors (Lipinski definition) is 1. The second-order valence-corrected chi connectivity index (χ2v) is 5.43. The van der Waals surface area contributed by atoms with Gasteiger partial charge in [-0.25, -0.2) is 9.97 Å². The van der Waals surface area contributed by atoms with E-state index in [4.69, 9.17) is 0 Å². The van der Waals surface area contributed by atoms with Crippen molar-refractivity contribution in [3.8, 4) is 0 Å². The number of amides is 1. The van der Waals surface area contributed by atoms with Gasteiger partial charge in [-0.05, 0) is 17.7 Å². The molecule has 2 aromatic heterocycles. The van der Waals surface area contributed by atoms with Crippen LogP contribution in [-0.2, 0) is 18.4 Å². The zero-order valence-electron chi connectivity index (χ0n) is 14.3. The minimum Gasteiger partial charge on any atom is -0.545 e. The van der Waals surface area contributed by atoms with E-state index in [2.05, 4.69) is 15.3 Å². The maximum Gasteiger partial charge on any atom is 1.00 e. The second kappa shape index (κ2) is 8.69. The smallest absolute Gasteiger partial charge is 0.545 e. The van der Waals surface area contributed by atoms with E-state index in [-0.39, 0.29) is 80.4 Å². The van der Waals surface area contributed by atoms with Gasteiger partial charge in [-0.2, -0.15) is 0 Å². The third-order valence-electron chi connectivity index (χ3n) is 3.67. The van der Waals surface area contributed by atoms with E-state index in [9.17, 15) is 19.5 Å². The Morgan fingerprint density at radius 1 is 1.15 bits per heavy atom. The van der Waals surface area contributed by atoms with Crippen LogP contribution in [0, 0.1) is 0 Å². The molecule has 1 N–H and O–H groups in total. The zero-order valence-corrected chi connectivity index (χ0v) is 17.4. The second-order valence-electron chi connectivity index (χ2n) is 5.43. The third kappa shape index (κ3) is 4.46. The number of aromatic carboxylic acids is 1. The predicted octanol–water partition coefficient (Wildman–Crippen LogP) is -3.47. The molecule has 3 rings (SSSR count). The summed E-state index contributed by atoms with van der Waals surface area (Å²) in [6.07, 6.45) is 3.02. The minimum atomic E-state index is -1.27. The van der Waals surface area contributed by atoms with E-state index in [0.717, 1.165) is 0 Å². The molecule has 2 heterocycles. The molecule has 1 aromatic carbocycles. The molecule has 0 saturated carbocycles. The molecule has 3 aromatic rings. The fraction of sp³-hybridized carbons (Fsp3) is 0.188. The number of nitrogens with one attached hydrogen (secondary N) is 1. The number of hydrogen-bond acceptors (Lipinski definition) is 6. The molecular formula is C16H14KN5O4. The molecule has 26 heavy (non-hydrogen) atoms. The van der Waals surface area contributed by atoms with Gasteiger partial charge < -0.3 is 24.4 Å². The largest absolute Gasteiger partial charge is 1.00 e. The molecule has 0 aliphatic carbocycles. The SMILES string of the molecule is Cn1cnc2c(ncn2CCC(=O)Nc2ccc(C(=O)[O-])cc2)c1=O.[K+]. The number of fused-ring (bicyclic) bond motifs is 1. The summed E-state index contributed by atoms with van der Waals surface area (Å²) in [6, 6.07) is 5.68. The molecule has 0 aliphatic rings. The van der Waals surface area contributed by atoms with Crippen LogP contribution in [0.4, 0.5) is 5.69 Å². The molecule has 128 valence electrons. The molecule has 0 saturated heterocycles. The Bertz CT molecular complexity index is 1010. The summed E-state index contributed by atoms with van der Waals surface area (Å²) in [4.78, 5) is 42.8. The molecule has 9 nitrogen and oxygen atoms in total. The van der Waals surface area contributed by atoms with Gasteiger partial charge in [0, 0.05) is 25.7 Å². The number of anilines is 1. The van der Waals surface area contributed by atoms with Crippen LogP contribution in [0.3, 0.4) is 0 Å². The first-order chi connectivity index (χ1) is 12.0. The van der Waals surface area contributed by atoms with Gasteiger partial charge in [-0.1, -0.05) is 12.1 Å². The minimum absolute atomic E-state index is 0. The van der Waals surface area contributed by atoms with Gasteiger partial charge in [0.05, 0.1) is 18.6 Å². The Morgan fingerprint density at radius 2 is 1.85 bits per heavy atom. The first-order valence-corrected chi connectivity index (χ1v) is 7.43. The van der Waals surface area contributed by atoms with Crippen LogP contribution in [0.1, 0.15) is 16.8 Å². The van der Waals surface area contributed by atoms with E-state index in [0.29, 0.717) is 17.9 Å². The fourth-order valence-electron chi connectivity index (χ4n) is 2.32. The molecule has 0 aliphatic heterocycles. The first-order valence-electron chi connectivity index (χ1n) is 7.43. The first kappa shape index (κ1) is 20.5. The van der Waals surface area contributed by atoms with Crippen molar-refractivity contribution >= 4 is 28.7 Å². The van der Waals surface area contributed by atoms with Crippen molar-refractivity contribution in [2.75, 3.05) is 5.32 Å². The Morgan fingerprint density at radius 3 is 2.50 bits per heavy atom. The summed E-state index contributed by atoms with van der Waals surface area (Å²) in [6.45, 7) is 0.305. The Balaban J connectivity index is 0.00000243. The van der Waals surface area contributed by atoms with Crippen LogP contribution in [0.5, 0.6) is 0 Å². The maximum atomic E-state index is 12.0. The van der Waals surface area contributed by atoms with Gasteiger partial charge in [-0.15, -0.1) is 0 Å². The Kier molecular flexibility index (Phi) is 6.84. The van der Waals surface area contributed by atoms with Crippen LogP contribution in [0.15, 0.2) is 41.7 Å². The summed E-state index contributed by atoms with van der Waals surface area (Å²) in [7, 11) is 1.59. The van der Waals surface area contributed by atoms with E-state index >= 15 is 0 Å². The molecule has 0 atom stereocenters. The van der Waals surface area contributed by atoms with E-state index in [1.807, 2.05) is 0 Å². The standard InChI is InChI=1S/C16H15N5O4.K/c1-20-8-18-14-13(15(20)23)17-9-21(14)7-6-12(22)19-11-4-2-10(3-5-11)16(24)25;/h2-5,8-9H,6-7H2,1H3,(H,19,22)(H,24,25);/q;+1/p-1. The quantitative estimate of drug-likeness (QED) is 0.460. The number of carbonyl (C=O) groups excluding carboxylic acids is 2. The fourth-order valence-corrected chi connectivity index (χ4v) is 2.32. The van der Waals surface area contributed by atoms with Crippen LogP contribution >= 0.6 is 0 Å². The number of benzene rings is 1. The van der Waals surface area contributed by atoms with Crippen molar-refractivity contribution in [2.45, 2.75) is 13.0 Å². The molecule has 0 radical (unpaired) electrons. The molecule has 10 heteroatoms. The third-order valence-corrected chi connectivity index (χ3v) is 3.67. The summed E-state index contributed by atoms with van der Waals surface area (Å²) >= 11 is 0. The number of carbonyl (C=O) groups is 2. The van der Waals surface area contributed by atoms with Gasteiger partial charge in [0.25, 0.3) is 5.56 Å². The molecule has 0 spiro atoms. The Labute approximate surface area is 190 Å². The van der Waals surface area contributed by atoms with Gasteiger partial charge in [0.15, 0.2) is 11.2 Å². The van der Waals surface area contributed by atoms with Crippen LogP contribution < -0.4 is 67.4 Å². The average molecular weight is 379 g/mol. The number of aromatic nitrogens is 4. The van der Waals surface area contributed by atoms with Crippen molar-refractivity contribution in [2.24, 2.45) is 7.05 Å². The van der Waals surface area contributed by atoms with Gasteiger partial charge in [0.1, 0.15) is 0 Å². The van der Waals surface area contributed by atoms with Crippen molar-refractivity contribution in [3.05, 3.63) is 52.8 Å². The van der Waals surface area contributed by atoms with Crippen LogP contribution in [-0.4, -0.2) is 31.0 Å². The number of carboxylic acids is 1. The molecule has 1 amide bonds. The normalized spacial score (nSPS) is 10.3. The molecule has 0 fully saturated rings. The van der Waals surface area contributed by atoms with Crippen molar-refractivity contribution in [1.82, 2.24) is 19.1 Å². The number of imidazole rings is 1. The molecule has 0 bridgehead atoms. The maximum absolute atomic E-state index is 12.0. The van der Waals surface area contributed by atoms with Crippen molar-refractivity contribution in [3.63, 3.8) is 0 Å². The van der Waals surface area contributed by atoms with E-state index in [1.165, 1.54) is 41.5 Å². The predicted molar refractivity (Wildman–Crippen MR) is 86.8 cm³/mol. The van der Waals surface area contributed by atoms with Crippen molar-refractivity contribution in [1.29, 1.82) is 0 Å². The van der Waals surface area contributed by atoms with Crippen LogP contribution in [0.25, 0.3) is 11.2 Å². The summed E-state index contributed by atoms with van der Waals surface area (Å²) in [5, 5.41) is 13.4. The van der Waals surface area contributed by atoms with Gasteiger partial charge in [-0.3, -0.25) is 9.59 Å². The summed E-state index contributed by atoms with van der Waals surface area (Å²) < 4.78 is 2.97.